The molecule has 0 atom stereocenters. The number of ketones is 1. The summed E-state index contributed by atoms with van der Waals surface area (Å²) in [7, 11) is 0. The van der Waals surface area contributed by atoms with Gasteiger partial charge >= 0.3 is 0 Å². The van der Waals surface area contributed by atoms with Crippen LogP contribution in [0.15, 0.2) is 42.6 Å². The second-order valence-corrected chi connectivity index (χ2v) is 5.69. The van der Waals surface area contributed by atoms with Crippen LogP contribution in [0.25, 0.3) is 0 Å². The van der Waals surface area contributed by atoms with Crippen LogP contribution in [-0.2, 0) is 0 Å². The van der Waals surface area contributed by atoms with Crippen LogP contribution >= 0.6 is 0 Å². The maximum absolute atomic E-state index is 12.4. The SMILES string of the molecule is CC(=O)c1ccc(Nc2ccnc(C(=O)N3CCCC3)c2)cc1. The number of pyridine rings is 1. The third-order valence-electron chi connectivity index (χ3n) is 3.95. The van der Waals surface area contributed by atoms with Gasteiger partial charge in [-0.15, -0.1) is 0 Å². The summed E-state index contributed by atoms with van der Waals surface area (Å²) in [6.07, 6.45) is 3.76. The smallest absolute Gasteiger partial charge is 0.272 e. The summed E-state index contributed by atoms with van der Waals surface area (Å²) in [6.45, 7) is 3.16. The van der Waals surface area contributed by atoms with Crippen molar-refractivity contribution in [2.75, 3.05) is 18.4 Å². The Morgan fingerprint density at radius 1 is 1.04 bits per heavy atom. The summed E-state index contributed by atoms with van der Waals surface area (Å²) < 4.78 is 0. The van der Waals surface area contributed by atoms with Crippen LogP contribution in [0.4, 0.5) is 11.4 Å². The lowest BCUT2D eigenvalue weighted by molar-refractivity contribution is 0.0787. The Labute approximate surface area is 135 Å². The molecule has 1 aliphatic rings. The highest BCUT2D eigenvalue weighted by Crippen LogP contribution is 2.19. The van der Waals surface area contributed by atoms with E-state index in [1.54, 1.807) is 31.3 Å². The fourth-order valence-corrected chi connectivity index (χ4v) is 2.66. The van der Waals surface area contributed by atoms with Gasteiger partial charge in [-0.05, 0) is 56.2 Å². The largest absolute Gasteiger partial charge is 0.355 e. The third-order valence-corrected chi connectivity index (χ3v) is 3.95. The van der Waals surface area contributed by atoms with Crippen molar-refractivity contribution >= 4 is 23.1 Å². The lowest BCUT2D eigenvalue weighted by atomic mass is 10.1. The summed E-state index contributed by atoms with van der Waals surface area (Å²) in [5.74, 6) is 0.0250. The summed E-state index contributed by atoms with van der Waals surface area (Å²) in [6, 6.07) is 10.8. The number of rotatable bonds is 4. The average molecular weight is 309 g/mol. The van der Waals surface area contributed by atoms with Gasteiger partial charge in [-0.1, -0.05) is 0 Å². The van der Waals surface area contributed by atoms with Crippen LogP contribution < -0.4 is 5.32 Å². The predicted molar refractivity (Wildman–Crippen MR) is 89.1 cm³/mol. The second-order valence-electron chi connectivity index (χ2n) is 5.69. The molecule has 23 heavy (non-hydrogen) atoms. The van der Waals surface area contributed by atoms with Gasteiger partial charge in [0.1, 0.15) is 5.69 Å². The third kappa shape index (κ3) is 3.56. The number of carbonyl (C=O) groups is 2. The van der Waals surface area contributed by atoms with Gasteiger partial charge in [-0.2, -0.15) is 0 Å². The van der Waals surface area contributed by atoms with Crippen molar-refractivity contribution in [3.8, 4) is 0 Å². The minimum atomic E-state index is -0.0157. The first-order valence-corrected chi connectivity index (χ1v) is 7.77. The molecule has 0 bridgehead atoms. The molecule has 0 aliphatic carbocycles. The van der Waals surface area contributed by atoms with Crippen LogP contribution in [0.5, 0.6) is 0 Å². The number of nitrogens with zero attached hydrogens (tertiary/aromatic N) is 2. The molecule has 1 saturated heterocycles. The van der Waals surface area contributed by atoms with E-state index in [9.17, 15) is 9.59 Å². The second kappa shape index (κ2) is 6.60. The van der Waals surface area contributed by atoms with E-state index in [0.717, 1.165) is 37.3 Å². The highest BCUT2D eigenvalue weighted by atomic mass is 16.2. The average Bonchev–Trinajstić information content (AvgIpc) is 3.09. The molecule has 0 unspecified atom stereocenters. The zero-order valence-electron chi connectivity index (χ0n) is 13.1. The number of anilines is 2. The highest BCUT2D eigenvalue weighted by molar-refractivity contribution is 5.95. The molecule has 3 rings (SSSR count). The normalized spacial score (nSPS) is 13.9. The van der Waals surface area contributed by atoms with E-state index in [0.29, 0.717) is 11.3 Å². The van der Waals surface area contributed by atoms with Gasteiger partial charge in [-0.3, -0.25) is 14.6 Å². The van der Waals surface area contributed by atoms with Crippen molar-refractivity contribution in [3.63, 3.8) is 0 Å². The molecular weight excluding hydrogens is 290 g/mol. The Hall–Kier alpha value is -2.69. The van der Waals surface area contributed by atoms with E-state index in [-0.39, 0.29) is 11.7 Å². The zero-order valence-corrected chi connectivity index (χ0v) is 13.1. The van der Waals surface area contributed by atoms with Crippen molar-refractivity contribution in [3.05, 3.63) is 53.9 Å². The maximum atomic E-state index is 12.4. The molecule has 1 aliphatic heterocycles. The summed E-state index contributed by atoms with van der Waals surface area (Å²) in [5.41, 5.74) is 2.80. The van der Waals surface area contributed by atoms with Crippen molar-refractivity contribution in [2.45, 2.75) is 19.8 Å². The Morgan fingerprint density at radius 2 is 1.74 bits per heavy atom. The number of likely N-dealkylation sites (tertiary alicyclic amines) is 1. The Balaban J connectivity index is 1.74. The standard InChI is InChI=1S/C18H19N3O2/c1-13(22)14-4-6-15(7-5-14)20-16-8-9-19-17(12-16)18(23)21-10-2-3-11-21/h4-9,12H,2-3,10-11H2,1H3,(H,19,20). The number of aromatic nitrogens is 1. The van der Waals surface area contributed by atoms with Crippen molar-refractivity contribution in [1.29, 1.82) is 0 Å². The van der Waals surface area contributed by atoms with Gasteiger partial charge in [0.05, 0.1) is 0 Å². The van der Waals surface area contributed by atoms with E-state index >= 15 is 0 Å². The van der Waals surface area contributed by atoms with E-state index in [1.165, 1.54) is 0 Å². The Bertz CT molecular complexity index is 719. The molecule has 1 aromatic heterocycles. The number of benzene rings is 1. The van der Waals surface area contributed by atoms with E-state index in [4.69, 9.17) is 0 Å². The fourth-order valence-electron chi connectivity index (χ4n) is 2.66. The summed E-state index contributed by atoms with van der Waals surface area (Å²) in [5, 5.41) is 3.23. The monoisotopic (exact) mass is 309 g/mol. The molecule has 1 fully saturated rings. The van der Waals surface area contributed by atoms with Gasteiger partial charge < -0.3 is 10.2 Å². The minimum absolute atomic E-state index is 0.0157. The molecule has 1 aromatic carbocycles. The number of amides is 1. The van der Waals surface area contributed by atoms with Gasteiger partial charge in [0.25, 0.3) is 5.91 Å². The molecular formula is C18H19N3O2. The topological polar surface area (TPSA) is 62.3 Å². The maximum Gasteiger partial charge on any atom is 0.272 e. The molecule has 118 valence electrons. The fraction of sp³-hybridized carbons (Fsp3) is 0.278. The molecule has 5 nitrogen and oxygen atoms in total. The highest BCUT2D eigenvalue weighted by Gasteiger charge is 2.20. The predicted octanol–water partition coefficient (Wildman–Crippen LogP) is 3.26. The van der Waals surface area contributed by atoms with E-state index in [2.05, 4.69) is 10.3 Å². The van der Waals surface area contributed by atoms with Gasteiger partial charge in [0.15, 0.2) is 5.78 Å². The molecule has 5 heteroatoms. The van der Waals surface area contributed by atoms with Crippen LogP contribution in [0.2, 0.25) is 0 Å². The van der Waals surface area contributed by atoms with E-state index < -0.39 is 0 Å². The van der Waals surface area contributed by atoms with Crippen LogP contribution in [0.1, 0.15) is 40.6 Å². The van der Waals surface area contributed by atoms with Crippen molar-refractivity contribution < 1.29 is 9.59 Å². The molecule has 2 aromatic rings. The van der Waals surface area contributed by atoms with Gasteiger partial charge in [-0.25, -0.2) is 0 Å². The van der Waals surface area contributed by atoms with Gasteiger partial charge in [0.2, 0.25) is 0 Å². The quantitative estimate of drug-likeness (QED) is 0.881. The number of Topliss-reactive ketones (excluding diaryl/α,β-unsaturated/α-hetero) is 1. The summed E-state index contributed by atoms with van der Waals surface area (Å²) in [4.78, 5) is 29.7. The molecule has 2 heterocycles. The first-order valence-electron chi connectivity index (χ1n) is 7.77. The molecule has 0 saturated carbocycles. The molecule has 1 amide bonds. The number of carbonyl (C=O) groups excluding carboxylic acids is 2. The van der Waals surface area contributed by atoms with E-state index in [1.807, 2.05) is 23.1 Å². The van der Waals surface area contributed by atoms with Crippen LogP contribution in [0, 0.1) is 0 Å². The van der Waals surface area contributed by atoms with Crippen LogP contribution in [-0.4, -0.2) is 34.7 Å². The lowest BCUT2D eigenvalue weighted by Gasteiger charge is -2.15. The summed E-state index contributed by atoms with van der Waals surface area (Å²) >= 11 is 0. The zero-order chi connectivity index (χ0) is 16.2. The first kappa shape index (κ1) is 15.2. The molecule has 1 N–H and O–H groups in total. The van der Waals surface area contributed by atoms with Gasteiger partial charge in [0, 0.05) is 36.2 Å². The Morgan fingerprint density at radius 3 is 2.39 bits per heavy atom. The Kier molecular flexibility index (Phi) is 4.37. The number of hydrogen-bond acceptors (Lipinski definition) is 4. The molecule has 0 spiro atoms. The number of hydrogen-bond donors (Lipinski definition) is 1. The minimum Gasteiger partial charge on any atom is -0.355 e. The number of nitrogens with one attached hydrogen (secondary N) is 1. The first-order chi connectivity index (χ1) is 11.1. The lowest BCUT2D eigenvalue weighted by Crippen LogP contribution is -2.28. The van der Waals surface area contributed by atoms with Crippen LogP contribution in [0.3, 0.4) is 0 Å². The molecule has 0 radical (unpaired) electrons. The van der Waals surface area contributed by atoms with Crippen molar-refractivity contribution in [1.82, 2.24) is 9.88 Å². The van der Waals surface area contributed by atoms with Crippen molar-refractivity contribution in [2.24, 2.45) is 0 Å².